The van der Waals surface area contributed by atoms with Crippen LogP contribution >= 0.6 is 24.8 Å². The third kappa shape index (κ3) is 2.35. The maximum atomic E-state index is 6.26. The van der Waals surface area contributed by atoms with Crippen LogP contribution in [0.2, 0.25) is 0 Å². The van der Waals surface area contributed by atoms with Crippen molar-refractivity contribution in [3.8, 4) is 0 Å². The zero-order chi connectivity index (χ0) is 8.60. The lowest BCUT2D eigenvalue weighted by molar-refractivity contribution is 0.173. The van der Waals surface area contributed by atoms with Crippen LogP contribution in [0.25, 0.3) is 0 Å². The predicted molar refractivity (Wildman–Crippen MR) is 65.4 cm³/mol. The van der Waals surface area contributed by atoms with Crippen molar-refractivity contribution in [2.45, 2.75) is 38.6 Å². The summed E-state index contributed by atoms with van der Waals surface area (Å²) in [6.07, 6.45) is 5.33. The second-order valence-electron chi connectivity index (χ2n) is 4.65. The number of nitrogens with two attached hydrogens (primary N) is 1. The topological polar surface area (TPSA) is 38.0 Å². The van der Waals surface area contributed by atoms with E-state index in [0.717, 1.165) is 5.92 Å². The Balaban J connectivity index is 0.000000845. The summed E-state index contributed by atoms with van der Waals surface area (Å²) >= 11 is 0. The van der Waals surface area contributed by atoms with E-state index in [1.807, 2.05) is 0 Å². The van der Waals surface area contributed by atoms with Gasteiger partial charge in [0.05, 0.1) is 0 Å². The minimum atomic E-state index is 0. The van der Waals surface area contributed by atoms with Crippen molar-refractivity contribution in [3.63, 3.8) is 0 Å². The van der Waals surface area contributed by atoms with E-state index >= 15 is 0 Å². The molecular formula is C10H22Cl2N2. The van der Waals surface area contributed by atoms with Crippen LogP contribution < -0.4 is 11.1 Å². The second-order valence-corrected chi connectivity index (χ2v) is 4.65. The van der Waals surface area contributed by atoms with Gasteiger partial charge in [-0.2, -0.15) is 0 Å². The van der Waals surface area contributed by atoms with E-state index in [1.165, 1.54) is 38.8 Å². The van der Waals surface area contributed by atoms with Crippen molar-refractivity contribution in [3.05, 3.63) is 0 Å². The Labute approximate surface area is 99.2 Å². The number of rotatable bonds is 0. The predicted octanol–water partition coefficient (Wildman–Crippen LogP) is 1.96. The van der Waals surface area contributed by atoms with Crippen molar-refractivity contribution in [1.82, 2.24) is 5.32 Å². The Bertz CT molecular complexity index is 164. The number of hydrogen-bond donors (Lipinski definition) is 2. The minimum Gasteiger partial charge on any atom is -0.327 e. The Hall–Kier alpha value is 0.500. The maximum absolute atomic E-state index is 6.26. The van der Waals surface area contributed by atoms with Crippen molar-refractivity contribution in [1.29, 1.82) is 0 Å². The molecule has 0 bridgehead atoms. The highest BCUT2D eigenvalue weighted by Gasteiger charge is 2.44. The number of nitrogens with one attached hydrogen (secondary N) is 1. The van der Waals surface area contributed by atoms with Gasteiger partial charge in [-0.1, -0.05) is 6.92 Å². The van der Waals surface area contributed by atoms with Gasteiger partial charge >= 0.3 is 0 Å². The van der Waals surface area contributed by atoms with Crippen LogP contribution in [0.4, 0.5) is 0 Å². The van der Waals surface area contributed by atoms with E-state index in [-0.39, 0.29) is 24.8 Å². The molecule has 1 saturated carbocycles. The highest BCUT2D eigenvalue weighted by molar-refractivity contribution is 5.85. The molecule has 3 N–H and O–H groups in total. The summed E-state index contributed by atoms with van der Waals surface area (Å²) in [5, 5.41) is 3.42. The first kappa shape index (κ1) is 14.5. The first-order valence-electron chi connectivity index (χ1n) is 5.21. The Morgan fingerprint density at radius 1 is 1.14 bits per heavy atom. The molecule has 2 rings (SSSR count). The molecule has 0 aromatic rings. The number of piperidine rings is 1. The van der Waals surface area contributed by atoms with Crippen LogP contribution in [0.3, 0.4) is 0 Å². The fraction of sp³-hybridized carbons (Fsp3) is 1.00. The normalized spacial score (nSPS) is 34.7. The Morgan fingerprint density at radius 2 is 1.71 bits per heavy atom. The Morgan fingerprint density at radius 3 is 2.14 bits per heavy atom. The van der Waals surface area contributed by atoms with Gasteiger partial charge in [0.25, 0.3) is 0 Å². The summed E-state index contributed by atoms with van der Waals surface area (Å²) < 4.78 is 0. The maximum Gasteiger partial charge on any atom is 0.0122 e. The Kier molecular flexibility index (Phi) is 5.75. The van der Waals surface area contributed by atoms with Gasteiger partial charge in [-0.3, -0.25) is 0 Å². The van der Waals surface area contributed by atoms with Crippen LogP contribution in [0, 0.1) is 11.3 Å². The molecular weight excluding hydrogens is 219 g/mol. The van der Waals surface area contributed by atoms with E-state index < -0.39 is 0 Å². The van der Waals surface area contributed by atoms with E-state index in [2.05, 4.69) is 12.2 Å². The molecule has 4 heteroatoms. The van der Waals surface area contributed by atoms with Crippen LogP contribution in [0.1, 0.15) is 32.6 Å². The van der Waals surface area contributed by atoms with Gasteiger partial charge in [-0.15, -0.1) is 24.8 Å². The summed E-state index contributed by atoms with van der Waals surface area (Å²) in [6.45, 7) is 4.67. The van der Waals surface area contributed by atoms with Crippen LogP contribution in [0.5, 0.6) is 0 Å². The quantitative estimate of drug-likeness (QED) is 0.680. The van der Waals surface area contributed by atoms with Gasteiger partial charge in [0.2, 0.25) is 0 Å². The van der Waals surface area contributed by atoms with Gasteiger partial charge < -0.3 is 11.1 Å². The van der Waals surface area contributed by atoms with Gasteiger partial charge in [0.15, 0.2) is 0 Å². The van der Waals surface area contributed by atoms with E-state index in [1.54, 1.807) is 0 Å². The molecule has 0 radical (unpaired) electrons. The standard InChI is InChI=1S/C10H20N2.2ClH/c1-8-2-3-10(9(8)11)4-6-12-7-5-10;;/h8-9,12H,2-7,11H2,1H3;2*1H/t8-,9-;;/m0../s1. The molecule has 1 saturated heterocycles. The lowest BCUT2D eigenvalue weighted by atomic mass is 9.74. The van der Waals surface area contributed by atoms with Crippen LogP contribution in [-0.4, -0.2) is 19.1 Å². The SMILES string of the molecule is C[C@H]1CCC2(CCNCC2)[C@H]1N.Cl.Cl. The molecule has 0 amide bonds. The van der Waals surface area contributed by atoms with Gasteiger partial charge in [0, 0.05) is 6.04 Å². The first-order chi connectivity index (χ1) is 5.75. The van der Waals surface area contributed by atoms with Crippen LogP contribution in [-0.2, 0) is 0 Å². The van der Waals surface area contributed by atoms with Gasteiger partial charge in [0.1, 0.15) is 0 Å². The fourth-order valence-electron chi connectivity index (χ4n) is 2.97. The summed E-state index contributed by atoms with van der Waals surface area (Å²) in [7, 11) is 0. The molecule has 2 nitrogen and oxygen atoms in total. The average molecular weight is 241 g/mol. The van der Waals surface area contributed by atoms with E-state index in [9.17, 15) is 0 Å². The highest BCUT2D eigenvalue weighted by Crippen LogP contribution is 2.46. The smallest absolute Gasteiger partial charge is 0.0122 e. The second kappa shape index (κ2) is 5.55. The van der Waals surface area contributed by atoms with Crippen LogP contribution in [0.15, 0.2) is 0 Å². The van der Waals surface area contributed by atoms with Crippen molar-refractivity contribution < 1.29 is 0 Å². The monoisotopic (exact) mass is 240 g/mol. The number of hydrogen-bond acceptors (Lipinski definition) is 2. The molecule has 1 spiro atoms. The lowest BCUT2D eigenvalue weighted by Crippen LogP contribution is -2.46. The first-order valence-corrected chi connectivity index (χ1v) is 5.21. The molecule has 0 unspecified atom stereocenters. The molecule has 1 aliphatic heterocycles. The lowest BCUT2D eigenvalue weighted by Gasteiger charge is -2.38. The summed E-state index contributed by atoms with van der Waals surface area (Å²) in [5.41, 5.74) is 6.78. The highest BCUT2D eigenvalue weighted by atomic mass is 35.5. The summed E-state index contributed by atoms with van der Waals surface area (Å²) in [5.74, 6) is 0.753. The zero-order valence-electron chi connectivity index (χ0n) is 8.79. The van der Waals surface area contributed by atoms with E-state index in [4.69, 9.17) is 5.73 Å². The molecule has 86 valence electrons. The zero-order valence-corrected chi connectivity index (χ0v) is 10.4. The number of halogens is 2. The van der Waals surface area contributed by atoms with E-state index in [0.29, 0.717) is 11.5 Å². The molecule has 2 atom stereocenters. The van der Waals surface area contributed by atoms with Crippen molar-refractivity contribution in [2.75, 3.05) is 13.1 Å². The van der Waals surface area contributed by atoms with Crippen molar-refractivity contribution >= 4 is 24.8 Å². The molecule has 1 aliphatic carbocycles. The van der Waals surface area contributed by atoms with Gasteiger partial charge in [-0.05, 0) is 50.1 Å². The summed E-state index contributed by atoms with van der Waals surface area (Å²) in [4.78, 5) is 0. The molecule has 14 heavy (non-hydrogen) atoms. The molecule has 2 fully saturated rings. The average Bonchev–Trinajstić information content (AvgIpc) is 2.37. The largest absolute Gasteiger partial charge is 0.327 e. The minimum absolute atomic E-state index is 0. The molecule has 2 aliphatic rings. The third-order valence-electron chi connectivity index (χ3n) is 4.02. The van der Waals surface area contributed by atoms with Gasteiger partial charge in [-0.25, -0.2) is 0 Å². The summed E-state index contributed by atoms with van der Waals surface area (Å²) in [6, 6.07) is 0.472. The van der Waals surface area contributed by atoms with Crippen molar-refractivity contribution in [2.24, 2.45) is 17.1 Å². The third-order valence-corrected chi connectivity index (χ3v) is 4.02. The molecule has 0 aromatic carbocycles. The fourth-order valence-corrected chi connectivity index (χ4v) is 2.97. The molecule has 1 heterocycles. The molecule has 0 aromatic heterocycles.